The van der Waals surface area contributed by atoms with Crippen LogP contribution in [-0.2, 0) is 6.42 Å². The first kappa shape index (κ1) is 14.7. The van der Waals surface area contributed by atoms with E-state index in [2.05, 4.69) is 31.0 Å². The second kappa shape index (κ2) is 6.24. The first-order chi connectivity index (χ1) is 10.2. The quantitative estimate of drug-likeness (QED) is 0.838. The predicted molar refractivity (Wildman–Crippen MR) is 83.7 cm³/mol. The van der Waals surface area contributed by atoms with Gasteiger partial charge in [0.15, 0.2) is 11.5 Å². The molecule has 0 spiro atoms. The molecule has 1 aliphatic heterocycles. The molecule has 0 amide bonds. The molecule has 1 aliphatic carbocycles. The Kier molecular flexibility index (Phi) is 4.36. The Bertz CT molecular complexity index is 488. The Balaban J connectivity index is 1.54. The monoisotopic (exact) mass is 290 g/mol. The zero-order valence-electron chi connectivity index (χ0n) is 13.0. The zero-order valence-corrected chi connectivity index (χ0v) is 13.0. The molecule has 1 heterocycles. The Morgan fingerprint density at radius 1 is 1.29 bits per heavy atom. The summed E-state index contributed by atoms with van der Waals surface area (Å²) >= 11 is 0. The number of nitrogens with two attached hydrogens (primary N) is 1. The summed E-state index contributed by atoms with van der Waals surface area (Å²) < 4.78 is 10.8. The summed E-state index contributed by atoms with van der Waals surface area (Å²) in [5.41, 5.74) is 7.26. The van der Waals surface area contributed by atoms with E-state index >= 15 is 0 Å². The molecule has 0 saturated heterocycles. The molecule has 2 aliphatic rings. The number of ether oxygens (including phenoxy) is 2. The van der Waals surface area contributed by atoms with Gasteiger partial charge in [-0.25, -0.2) is 0 Å². The third kappa shape index (κ3) is 3.33. The van der Waals surface area contributed by atoms with Gasteiger partial charge in [-0.1, -0.05) is 6.07 Å². The average Bonchev–Trinajstić information content (AvgIpc) is 3.22. The molecule has 0 aromatic heterocycles. The van der Waals surface area contributed by atoms with Crippen LogP contribution in [-0.4, -0.2) is 37.4 Å². The Labute approximate surface area is 127 Å². The molecule has 21 heavy (non-hydrogen) atoms. The number of benzene rings is 1. The Morgan fingerprint density at radius 3 is 2.76 bits per heavy atom. The van der Waals surface area contributed by atoms with Crippen molar-refractivity contribution < 1.29 is 9.47 Å². The van der Waals surface area contributed by atoms with Gasteiger partial charge in [0, 0.05) is 18.6 Å². The number of fused-ring (bicyclic) bond motifs is 1. The van der Waals surface area contributed by atoms with Crippen LogP contribution in [0.4, 0.5) is 0 Å². The van der Waals surface area contributed by atoms with E-state index in [1.807, 2.05) is 6.07 Å². The Morgan fingerprint density at radius 2 is 2.05 bits per heavy atom. The number of nitrogens with zero attached hydrogens (tertiary/aromatic N) is 1. The van der Waals surface area contributed by atoms with Crippen molar-refractivity contribution in [2.75, 3.05) is 20.4 Å². The summed E-state index contributed by atoms with van der Waals surface area (Å²) in [7, 11) is 2.22. The molecule has 116 valence electrons. The Hall–Kier alpha value is -1.26. The van der Waals surface area contributed by atoms with Crippen LogP contribution in [0.15, 0.2) is 18.2 Å². The van der Waals surface area contributed by atoms with Gasteiger partial charge in [0.1, 0.15) is 0 Å². The van der Waals surface area contributed by atoms with Crippen molar-refractivity contribution in [1.29, 1.82) is 0 Å². The minimum absolute atomic E-state index is 0.345. The third-order valence-corrected chi connectivity index (χ3v) is 4.91. The highest BCUT2D eigenvalue weighted by Crippen LogP contribution is 2.36. The maximum atomic E-state index is 5.95. The molecule has 3 rings (SSSR count). The molecule has 2 atom stereocenters. The second-order valence-corrected chi connectivity index (χ2v) is 6.38. The van der Waals surface area contributed by atoms with Crippen molar-refractivity contribution in [3.05, 3.63) is 23.8 Å². The van der Waals surface area contributed by atoms with Crippen LogP contribution in [0.3, 0.4) is 0 Å². The van der Waals surface area contributed by atoms with E-state index < -0.39 is 0 Å². The molecule has 1 aromatic rings. The van der Waals surface area contributed by atoms with Crippen molar-refractivity contribution >= 4 is 0 Å². The molecular weight excluding hydrogens is 264 g/mol. The highest BCUT2D eigenvalue weighted by Gasteiger charge is 2.34. The molecule has 2 unspecified atom stereocenters. The lowest BCUT2D eigenvalue weighted by Gasteiger charge is -2.32. The fourth-order valence-corrected chi connectivity index (χ4v) is 3.17. The summed E-state index contributed by atoms with van der Waals surface area (Å²) in [5, 5.41) is 0. The van der Waals surface area contributed by atoms with Crippen molar-refractivity contribution in [3.8, 4) is 11.5 Å². The molecule has 4 nitrogen and oxygen atoms in total. The summed E-state index contributed by atoms with van der Waals surface area (Å²) in [6, 6.07) is 7.36. The van der Waals surface area contributed by atoms with Gasteiger partial charge in [0.05, 0.1) is 0 Å². The van der Waals surface area contributed by atoms with Crippen molar-refractivity contribution in [3.63, 3.8) is 0 Å². The maximum Gasteiger partial charge on any atom is 0.231 e. The lowest BCUT2D eigenvalue weighted by molar-refractivity contribution is 0.162. The van der Waals surface area contributed by atoms with Gasteiger partial charge in [-0.15, -0.1) is 0 Å². The molecule has 0 radical (unpaired) electrons. The first-order valence-corrected chi connectivity index (χ1v) is 7.99. The van der Waals surface area contributed by atoms with Gasteiger partial charge in [-0.05, 0) is 63.3 Å². The molecular formula is C17H26N2O2. The first-order valence-electron chi connectivity index (χ1n) is 7.99. The largest absolute Gasteiger partial charge is 0.454 e. The van der Waals surface area contributed by atoms with E-state index in [-0.39, 0.29) is 0 Å². The van der Waals surface area contributed by atoms with Crippen LogP contribution >= 0.6 is 0 Å². The SMILES string of the molecule is CC(CCc1ccc2c(c1)OCO2)N(C)C(CN)C1CC1. The van der Waals surface area contributed by atoms with E-state index in [4.69, 9.17) is 15.2 Å². The van der Waals surface area contributed by atoms with Gasteiger partial charge in [-0.2, -0.15) is 0 Å². The summed E-state index contributed by atoms with van der Waals surface area (Å²) in [5.74, 6) is 2.57. The topological polar surface area (TPSA) is 47.7 Å². The molecule has 1 fully saturated rings. The molecule has 2 N–H and O–H groups in total. The third-order valence-electron chi connectivity index (χ3n) is 4.91. The second-order valence-electron chi connectivity index (χ2n) is 6.38. The van der Waals surface area contributed by atoms with E-state index in [9.17, 15) is 0 Å². The van der Waals surface area contributed by atoms with Gasteiger partial charge in [0.25, 0.3) is 0 Å². The lowest BCUT2D eigenvalue weighted by atomic mass is 10.0. The van der Waals surface area contributed by atoms with Crippen LogP contribution in [0.2, 0.25) is 0 Å². The highest BCUT2D eigenvalue weighted by atomic mass is 16.7. The minimum atomic E-state index is 0.345. The number of hydrogen-bond donors (Lipinski definition) is 1. The van der Waals surface area contributed by atoms with Crippen LogP contribution in [0, 0.1) is 5.92 Å². The molecule has 1 aromatic carbocycles. The van der Waals surface area contributed by atoms with Crippen molar-refractivity contribution in [2.45, 2.75) is 44.7 Å². The van der Waals surface area contributed by atoms with E-state index in [1.54, 1.807) is 0 Å². The summed E-state index contributed by atoms with van der Waals surface area (Å²) in [6.07, 6.45) is 4.89. The van der Waals surface area contributed by atoms with Crippen LogP contribution in [0.25, 0.3) is 0 Å². The molecule has 1 saturated carbocycles. The van der Waals surface area contributed by atoms with Crippen LogP contribution < -0.4 is 15.2 Å². The number of likely N-dealkylation sites (N-methyl/N-ethyl adjacent to an activating group) is 1. The number of aryl methyl sites for hydroxylation is 1. The lowest BCUT2D eigenvalue weighted by Crippen LogP contribution is -2.44. The van der Waals surface area contributed by atoms with E-state index in [0.29, 0.717) is 18.9 Å². The smallest absolute Gasteiger partial charge is 0.231 e. The van der Waals surface area contributed by atoms with Gasteiger partial charge >= 0.3 is 0 Å². The summed E-state index contributed by atoms with van der Waals surface area (Å²) in [4.78, 5) is 2.48. The van der Waals surface area contributed by atoms with E-state index in [0.717, 1.165) is 36.8 Å². The molecule has 0 bridgehead atoms. The fraction of sp³-hybridized carbons (Fsp3) is 0.647. The zero-order chi connectivity index (χ0) is 14.8. The van der Waals surface area contributed by atoms with Gasteiger partial charge < -0.3 is 15.2 Å². The molecule has 4 heteroatoms. The van der Waals surface area contributed by atoms with Crippen LogP contribution in [0.5, 0.6) is 11.5 Å². The number of hydrogen-bond acceptors (Lipinski definition) is 4. The highest BCUT2D eigenvalue weighted by molar-refractivity contribution is 5.44. The maximum absolute atomic E-state index is 5.95. The fourth-order valence-electron chi connectivity index (χ4n) is 3.17. The van der Waals surface area contributed by atoms with E-state index in [1.165, 1.54) is 18.4 Å². The average molecular weight is 290 g/mol. The summed E-state index contributed by atoms with van der Waals surface area (Å²) in [6.45, 7) is 3.42. The van der Waals surface area contributed by atoms with Crippen LogP contribution in [0.1, 0.15) is 31.7 Å². The van der Waals surface area contributed by atoms with Gasteiger partial charge in [-0.3, -0.25) is 4.90 Å². The van der Waals surface area contributed by atoms with Gasteiger partial charge in [0.2, 0.25) is 6.79 Å². The number of rotatable bonds is 7. The van der Waals surface area contributed by atoms with Crippen molar-refractivity contribution in [1.82, 2.24) is 4.90 Å². The predicted octanol–water partition coefficient (Wildman–Crippen LogP) is 2.41. The van der Waals surface area contributed by atoms with Crippen molar-refractivity contribution in [2.24, 2.45) is 11.7 Å². The normalized spacial score (nSPS) is 19.8. The minimum Gasteiger partial charge on any atom is -0.454 e. The standard InChI is InChI=1S/C17H26N2O2/c1-12(19(2)15(10-18)14-6-7-14)3-4-13-5-8-16-17(9-13)21-11-20-16/h5,8-9,12,14-15H,3-4,6-7,10-11,18H2,1-2H3.